The molecule has 0 bridgehead atoms. The van der Waals surface area contributed by atoms with E-state index in [1.165, 1.54) is 12.3 Å². The summed E-state index contributed by atoms with van der Waals surface area (Å²) < 4.78 is 41.7. The Balaban J connectivity index is 1.47. The first-order chi connectivity index (χ1) is 16.9. The molecular weight excluding hydrogens is 502 g/mol. The van der Waals surface area contributed by atoms with Crippen LogP contribution in [0.1, 0.15) is 37.6 Å². The first-order valence-electron chi connectivity index (χ1n) is 11.6. The number of rotatable bonds is 7. The Kier molecular flexibility index (Phi) is 7.36. The number of nitrogens with zero attached hydrogens (tertiary/aromatic N) is 2. The van der Waals surface area contributed by atoms with Crippen molar-refractivity contribution in [1.82, 2.24) is 9.47 Å². The van der Waals surface area contributed by atoms with E-state index in [9.17, 15) is 13.2 Å². The molecular formula is C26H30ClN3O5S. The Morgan fingerprint density at radius 2 is 1.83 bits per heavy atom. The number of nitrogens with one attached hydrogen (secondary N) is 1. The highest BCUT2D eigenvalue weighted by atomic mass is 35.5. The molecule has 192 valence electrons. The predicted octanol–water partition coefficient (Wildman–Crippen LogP) is 4.97. The van der Waals surface area contributed by atoms with Gasteiger partial charge in [0.2, 0.25) is 0 Å². The molecule has 0 radical (unpaired) electrons. The normalized spacial score (nSPS) is 16.6. The Morgan fingerprint density at radius 3 is 2.47 bits per heavy atom. The average Bonchev–Trinajstić information content (AvgIpc) is 3.45. The Morgan fingerprint density at radius 1 is 1.11 bits per heavy atom. The van der Waals surface area contributed by atoms with Crippen LogP contribution in [0, 0.1) is 0 Å². The molecule has 3 aromatic rings. The summed E-state index contributed by atoms with van der Waals surface area (Å²) in [5.74, 6) is 0.0279. The molecule has 1 unspecified atom stereocenters. The molecule has 1 fully saturated rings. The lowest BCUT2D eigenvalue weighted by atomic mass is 10.1. The summed E-state index contributed by atoms with van der Waals surface area (Å²) in [7, 11) is -1.84. The molecule has 10 heteroatoms. The highest BCUT2D eigenvalue weighted by Crippen LogP contribution is 2.31. The Hall–Kier alpha value is -3.01. The van der Waals surface area contributed by atoms with Crippen molar-refractivity contribution in [3.05, 3.63) is 71.5 Å². The van der Waals surface area contributed by atoms with Gasteiger partial charge in [0.05, 0.1) is 16.3 Å². The molecule has 1 aliphatic rings. The van der Waals surface area contributed by atoms with Gasteiger partial charge in [-0.3, -0.25) is 4.72 Å². The van der Waals surface area contributed by atoms with Crippen LogP contribution in [-0.2, 0) is 14.8 Å². The van der Waals surface area contributed by atoms with E-state index in [4.69, 9.17) is 21.1 Å². The van der Waals surface area contributed by atoms with Gasteiger partial charge in [0.25, 0.3) is 10.0 Å². The molecule has 0 aliphatic carbocycles. The minimum atomic E-state index is -3.86. The van der Waals surface area contributed by atoms with Gasteiger partial charge in [0.15, 0.2) is 0 Å². The van der Waals surface area contributed by atoms with Crippen LogP contribution in [-0.4, -0.2) is 55.7 Å². The number of hydrogen-bond donors (Lipinski definition) is 1. The van der Waals surface area contributed by atoms with Gasteiger partial charge in [0, 0.05) is 37.2 Å². The van der Waals surface area contributed by atoms with Crippen molar-refractivity contribution in [1.29, 1.82) is 0 Å². The summed E-state index contributed by atoms with van der Waals surface area (Å²) in [4.78, 5) is 14.5. The highest BCUT2D eigenvalue weighted by molar-refractivity contribution is 7.92. The summed E-state index contributed by atoms with van der Waals surface area (Å²) in [6.45, 7) is 7.15. The summed E-state index contributed by atoms with van der Waals surface area (Å²) in [5, 5.41) is 0.425. The second kappa shape index (κ2) is 10.2. The molecule has 36 heavy (non-hydrogen) atoms. The van der Waals surface area contributed by atoms with Crippen LogP contribution in [0.25, 0.3) is 5.69 Å². The van der Waals surface area contributed by atoms with Gasteiger partial charge < -0.3 is 18.9 Å². The third-order valence-corrected chi connectivity index (χ3v) is 7.28. The summed E-state index contributed by atoms with van der Waals surface area (Å²) in [6.07, 6.45) is 4.04. The molecule has 4 rings (SSSR count). The number of halogens is 1. The number of carbonyl (C=O) groups excluding carboxylic acids is 1. The van der Waals surface area contributed by atoms with Gasteiger partial charge in [-0.15, -0.1) is 0 Å². The van der Waals surface area contributed by atoms with Crippen molar-refractivity contribution < 1.29 is 22.7 Å². The van der Waals surface area contributed by atoms with E-state index in [0.29, 0.717) is 27.7 Å². The summed E-state index contributed by atoms with van der Waals surface area (Å²) in [6, 6.07) is 13.1. The monoisotopic (exact) mass is 531 g/mol. The predicted molar refractivity (Wildman–Crippen MR) is 140 cm³/mol. The lowest BCUT2D eigenvalue weighted by molar-refractivity contribution is 0.00695. The van der Waals surface area contributed by atoms with E-state index in [-0.39, 0.29) is 11.0 Å². The van der Waals surface area contributed by atoms with Crippen molar-refractivity contribution >= 4 is 33.3 Å². The number of carbonyl (C=O) groups is 1. The maximum absolute atomic E-state index is 13.0. The number of benzene rings is 2. The third kappa shape index (κ3) is 6.40. The number of hydrogen-bond acceptors (Lipinski definition) is 6. The SMILES string of the molecule is CN1CCC(Oc2cc(NS(=O)(=O)c3ccn(-c4ccc(C(=O)OC(C)(C)C)cc4)c3)ccc2Cl)C1. The van der Waals surface area contributed by atoms with Gasteiger partial charge in [-0.25, -0.2) is 13.2 Å². The van der Waals surface area contributed by atoms with Crippen LogP contribution in [0.2, 0.25) is 5.02 Å². The third-order valence-electron chi connectivity index (χ3n) is 5.60. The van der Waals surface area contributed by atoms with E-state index in [1.54, 1.807) is 74.0 Å². The summed E-state index contributed by atoms with van der Waals surface area (Å²) in [5.41, 5.74) is 0.888. The average molecular weight is 532 g/mol. The van der Waals surface area contributed by atoms with Gasteiger partial charge in [-0.2, -0.15) is 0 Å². The number of anilines is 1. The minimum Gasteiger partial charge on any atom is -0.487 e. The zero-order chi connectivity index (χ0) is 26.1. The quantitative estimate of drug-likeness (QED) is 0.433. The maximum atomic E-state index is 13.0. The largest absolute Gasteiger partial charge is 0.487 e. The molecule has 8 nitrogen and oxygen atoms in total. The van der Waals surface area contributed by atoms with Crippen LogP contribution >= 0.6 is 11.6 Å². The van der Waals surface area contributed by atoms with Crippen LogP contribution in [0.3, 0.4) is 0 Å². The van der Waals surface area contributed by atoms with E-state index in [0.717, 1.165) is 19.5 Å². The lowest BCUT2D eigenvalue weighted by Gasteiger charge is -2.19. The molecule has 1 aromatic heterocycles. The number of esters is 1. The first kappa shape index (κ1) is 26.1. The van der Waals surface area contributed by atoms with Crippen molar-refractivity contribution in [2.24, 2.45) is 0 Å². The van der Waals surface area contributed by atoms with Crippen molar-refractivity contribution in [2.75, 3.05) is 24.9 Å². The lowest BCUT2D eigenvalue weighted by Crippen LogP contribution is -2.23. The molecule has 2 heterocycles. The van der Waals surface area contributed by atoms with Gasteiger partial charge in [-0.1, -0.05) is 11.6 Å². The highest BCUT2D eigenvalue weighted by Gasteiger charge is 2.23. The fraction of sp³-hybridized carbons (Fsp3) is 0.346. The van der Waals surface area contributed by atoms with Crippen LogP contribution in [0.4, 0.5) is 5.69 Å². The van der Waals surface area contributed by atoms with Crippen LogP contribution < -0.4 is 9.46 Å². The standard InChI is InChI=1S/C26H30ClN3O5S/c1-26(2,3)35-25(31)18-5-8-20(9-6-18)30-14-12-22(17-30)36(32,33)28-19-7-10-23(27)24(15-19)34-21-11-13-29(4)16-21/h5-10,12,14-15,17,21,28H,11,13,16H2,1-4H3. The number of aromatic nitrogens is 1. The molecule has 0 amide bonds. The zero-order valence-corrected chi connectivity index (χ0v) is 22.3. The van der Waals surface area contributed by atoms with Gasteiger partial charge in [-0.05, 0) is 76.7 Å². The van der Waals surface area contributed by atoms with Crippen molar-refractivity contribution in [3.63, 3.8) is 0 Å². The van der Waals surface area contributed by atoms with E-state index in [1.807, 2.05) is 7.05 Å². The van der Waals surface area contributed by atoms with Gasteiger partial charge >= 0.3 is 5.97 Å². The molecule has 1 saturated heterocycles. The Bertz CT molecular complexity index is 1350. The van der Waals surface area contributed by atoms with Gasteiger partial charge in [0.1, 0.15) is 22.4 Å². The number of sulfonamides is 1. The molecule has 1 atom stereocenters. The Labute approximate surface area is 216 Å². The second-order valence-electron chi connectivity index (χ2n) is 9.84. The minimum absolute atomic E-state index is 0.00935. The molecule has 0 spiro atoms. The topological polar surface area (TPSA) is 89.9 Å². The smallest absolute Gasteiger partial charge is 0.338 e. The number of likely N-dealkylation sites (N-methyl/N-ethyl adjacent to an activating group) is 1. The fourth-order valence-corrected chi connectivity index (χ4v) is 5.05. The summed E-state index contributed by atoms with van der Waals surface area (Å²) >= 11 is 6.28. The van der Waals surface area contributed by atoms with Crippen LogP contribution in [0.5, 0.6) is 5.75 Å². The van der Waals surface area contributed by atoms with E-state index in [2.05, 4.69) is 9.62 Å². The molecule has 1 N–H and O–H groups in total. The zero-order valence-electron chi connectivity index (χ0n) is 20.7. The van der Waals surface area contributed by atoms with Crippen molar-refractivity contribution in [2.45, 2.75) is 43.8 Å². The molecule has 1 aliphatic heterocycles. The maximum Gasteiger partial charge on any atom is 0.338 e. The van der Waals surface area contributed by atoms with E-state index >= 15 is 0 Å². The number of likely N-dealkylation sites (tertiary alicyclic amines) is 1. The molecule has 2 aromatic carbocycles. The molecule has 0 saturated carbocycles. The van der Waals surface area contributed by atoms with Crippen molar-refractivity contribution in [3.8, 4) is 11.4 Å². The second-order valence-corrected chi connectivity index (χ2v) is 11.9. The van der Waals surface area contributed by atoms with Crippen LogP contribution in [0.15, 0.2) is 65.8 Å². The number of ether oxygens (including phenoxy) is 2. The first-order valence-corrected chi connectivity index (χ1v) is 13.5. The fourth-order valence-electron chi connectivity index (χ4n) is 3.84. The van der Waals surface area contributed by atoms with E-state index < -0.39 is 21.6 Å².